The summed E-state index contributed by atoms with van der Waals surface area (Å²) in [6, 6.07) is 24.0. The maximum absolute atomic E-state index is 13.0. The maximum Gasteiger partial charge on any atom is 0.322 e. The highest BCUT2D eigenvalue weighted by molar-refractivity contribution is 5.89. The number of anilines is 1. The lowest BCUT2D eigenvalue weighted by molar-refractivity contribution is 0.209. The smallest absolute Gasteiger partial charge is 0.318 e. The summed E-state index contributed by atoms with van der Waals surface area (Å²) < 4.78 is 0. The van der Waals surface area contributed by atoms with E-state index in [-0.39, 0.29) is 11.4 Å². The monoisotopic (exact) mass is 387 g/mol. The minimum atomic E-state index is -0.116. The Kier molecular flexibility index (Phi) is 6.65. The normalized spacial score (nSPS) is 11.1. The van der Waals surface area contributed by atoms with Crippen molar-refractivity contribution in [3.63, 3.8) is 0 Å². The molecule has 3 rings (SSSR count). The molecule has 0 bridgehead atoms. The van der Waals surface area contributed by atoms with Crippen LogP contribution in [0.2, 0.25) is 0 Å². The summed E-state index contributed by atoms with van der Waals surface area (Å²) >= 11 is 0. The van der Waals surface area contributed by atoms with Crippen LogP contribution in [-0.4, -0.2) is 22.5 Å². The summed E-state index contributed by atoms with van der Waals surface area (Å²) in [5, 5.41) is 3.04. The zero-order valence-electron chi connectivity index (χ0n) is 17.4. The second-order valence-corrected chi connectivity index (χ2v) is 8.24. The Morgan fingerprint density at radius 1 is 0.931 bits per heavy atom. The van der Waals surface area contributed by atoms with Crippen molar-refractivity contribution >= 4 is 11.7 Å². The third-order valence-electron chi connectivity index (χ3n) is 4.88. The Bertz CT molecular complexity index is 900. The highest BCUT2D eigenvalue weighted by atomic mass is 16.2. The van der Waals surface area contributed by atoms with E-state index in [1.165, 1.54) is 11.1 Å². The number of rotatable bonds is 6. The topological polar surface area (TPSA) is 45.2 Å². The fraction of sp³-hybridized carbons (Fsp3) is 0.280. The molecule has 2 aromatic carbocycles. The quantitative estimate of drug-likeness (QED) is 0.593. The zero-order chi connectivity index (χ0) is 20.7. The van der Waals surface area contributed by atoms with E-state index >= 15 is 0 Å². The first-order valence-electron chi connectivity index (χ1n) is 10.0. The molecule has 2 amide bonds. The van der Waals surface area contributed by atoms with Crippen LogP contribution in [0.4, 0.5) is 10.5 Å². The number of pyridine rings is 1. The van der Waals surface area contributed by atoms with Gasteiger partial charge in [-0.15, -0.1) is 0 Å². The van der Waals surface area contributed by atoms with Gasteiger partial charge in [0.25, 0.3) is 0 Å². The number of aromatic nitrogens is 1. The van der Waals surface area contributed by atoms with Gasteiger partial charge in [0.15, 0.2) is 0 Å². The van der Waals surface area contributed by atoms with Gasteiger partial charge in [-0.25, -0.2) is 4.79 Å². The summed E-state index contributed by atoms with van der Waals surface area (Å²) in [6.07, 6.45) is 2.55. The van der Waals surface area contributed by atoms with Gasteiger partial charge in [0.05, 0.1) is 12.2 Å². The third kappa shape index (κ3) is 6.18. The molecule has 0 aliphatic carbocycles. The number of amides is 2. The van der Waals surface area contributed by atoms with Gasteiger partial charge in [0.1, 0.15) is 0 Å². The summed E-state index contributed by atoms with van der Waals surface area (Å²) in [5.74, 6) is 0. The van der Waals surface area contributed by atoms with Crippen molar-refractivity contribution in [2.24, 2.45) is 0 Å². The Labute approximate surface area is 173 Å². The predicted octanol–water partition coefficient (Wildman–Crippen LogP) is 5.66. The van der Waals surface area contributed by atoms with Crippen LogP contribution >= 0.6 is 0 Å². The average Bonchev–Trinajstić information content (AvgIpc) is 2.72. The number of hydrogen-bond acceptors (Lipinski definition) is 2. The molecule has 0 saturated heterocycles. The molecule has 3 aromatic rings. The molecule has 0 aliphatic rings. The van der Waals surface area contributed by atoms with E-state index in [1.807, 2.05) is 53.4 Å². The molecule has 0 spiro atoms. The van der Waals surface area contributed by atoms with Gasteiger partial charge in [-0.1, -0.05) is 69.3 Å². The summed E-state index contributed by atoms with van der Waals surface area (Å²) in [6.45, 7) is 7.63. The SMILES string of the molecule is CC(C)(C)c1ccc(NC(=O)N(CCc2ccccc2)Cc2ccccn2)cc1. The van der Waals surface area contributed by atoms with Crippen molar-refractivity contribution < 1.29 is 4.79 Å². The molecule has 0 fully saturated rings. The van der Waals surface area contributed by atoms with Crippen molar-refractivity contribution in [2.75, 3.05) is 11.9 Å². The first-order valence-corrected chi connectivity index (χ1v) is 10.0. The van der Waals surface area contributed by atoms with E-state index in [0.29, 0.717) is 13.1 Å². The second-order valence-electron chi connectivity index (χ2n) is 8.24. The highest BCUT2D eigenvalue weighted by Crippen LogP contribution is 2.23. The summed E-state index contributed by atoms with van der Waals surface area (Å²) in [4.78, 5) is 19.2. The van der Waals surface area contributed by atoms with Crippen LogP contribution in [0.3, 0.4) is 0 Å². The van der Waals surface area contributed by atoms with Gasteiger partial charge in [0, 0.05) is 18.4 Å². The molecule has 0 unspecified atom stereocenters. The lowest BCUT2D eigenvalue weighted by Gasteiger charge is -2.24. The summed E-state index contributed by atoms with van der Waals surface area (Å²) in [7, 11) is 0. The molecule has 29 heavy (non-hydrogen) atoms. The Hall–Kier alpha value is -3.14. The molecule has 1 aromatic heterocycles. The first-order chi connectivity index (χ1) is 13.9. The number of carbonyl (C=O) groups excluding carboxylic acids is 1. The molecule has 0 saturated carbocycles. The number of carbonyl (C=O) groups is 1. The molecular formula is C25H29N3O. The Morgan fingerprint density at radius 2 is 1.62 bits per heavy atom. The van der Waals surface area contributed by atoms with Crippen LogP contribution < -0.4 is 5.32 Å². The van der Waals surface area contributed by atoms with Crippen LogP contribution in [0.15, 0.2) is 79.0 Å². The third-order valence-corrected chi connectivity index (χ3v) is 4.88. The minimum absolute atomic E-state index is 0.0865. The first kappa shape index (κ1) is 20.6. The molecular weight excluding hydrogens is 358 g/mol. The lowest BCUT2D eigenvalue weighted by Crippen LogP contribution is -2.36. The predicted molar refractivity (Wildman–Crippen MR) is 119 cm³/mol. The van der Waals surface area contributed by atoms with Gasteiger partial charge < -0.3 is 10.2 Å². The fourth-order valence-electron chi connectivity index (χ4n) is 3.10. The van der Waals surface area contributed by atoms with E-state index in [9.17, 15) is 4.79 Å². The molecule has 1 N–H and O–H groups in total. The number of nitrogens with one attached hydrogen (secondary N) is 1. The van der Waals surface area contributed by atoms with E-state index in [2.05, 4.69) is 55.3 Å². The largest absolute Gasteiger partial charge is 0.322 e. The molecule has 0 atom stereocenters. The zero-order valence-corrected chi connectivity index (χ0v) is 17.4. The van der Waals surface area contributed by atoms with Crippen LogP contribution in [0.25, 0.3) is 0 Å². The van der Waals surface area contributed by atoms with Crippen molar-refractivity contribution in [3.05, 3.63) is 95.8 Å². The molecule has 150 valence electrons. The van der Waals surface area contributed by atoms with Crippen LogP contribution in [0.5, 0.6) is 0 Å². The number of hydrogen-bond donors (Lipinski definition) is 1. The van der Waals surface area contributed by atoms with Crippen LogP contribution in [-0.2, 0) is 18.4 Å². The standard InChI is InChI=1S/C25H29N3O/c1-25(2,3)21-12-14-22(15-13-21)27-24(29)28(19-23-11-7-8-17-26-23)18-16-20-9-5-4-6-10-20/h4-15,17H,16,18-19H2,1-3H3,(H,27,29). The van der Waals surface area contributed by atoms with E-state index in [0.717, 1.165) is 17.8 Å². The van der Waals surface area contributed by atoms with E-state index < -0.39 is 0 Å². The van der Waals surface area contributed by atoms with E-state index in [1.54, 1.807) is 6.20 Å². The van der Waals surface area contributed by atoms with Gasteiger partial charge in [-0.3, -0.25) is 4.98 Å². The Morgan fingerprint density at radius 3 is 2.24 bits per heavy atom. The molecule has 1 heterocycles. The minimum Gasteiger partial charge on any atom is -0.318 e. The van der Waals surface area contributed by atoms with E-state index in [4.69, 9.17) is 0 Å². The molecule has 4 heteroatoms. The van der Waals surface area contributed by atoms with Crippen molar-refractivity contribution in [1.82, 2.24) is 9.88 Å². The lowest BCUT2D eigenvalue weighted by atomic mass is 9.87. The fourth-order valence-corrected chi connectivity index (χ4v) is 3.10. The van der Waals surface area contributed by atoms with Gasteiger partial charge in [0.2, 0.25) is 0 Å². The summed E-state index contributed by atoms with van der Waals surface area (Å²) in [5.41, 5.74) is 4.21. The number of benzene rings is 2. The van der Waals surface area contributed by atoms with Crippen LogP contribution in [0.1, 0.15) is 37.6 Å². The van der Waals surface area contributed by atoms with Gasteiger partial charge in [-0.05, 0) is 47.2 Å². The van der Waals surface area contributed by atoms with Gasteiger partial charge >= 0.3 is 6.03 Å². The average molecular weight is 388 g/mol. The second kappa shape index (κ2) is 9.37. The maximum atomic E-state index is 13.0. The highest BCUT2D eigenvalue weighted by Gasteiger charge is 2.16. The van der Waals surface area contributed by atoms with Gasteiger partial charge in [-0.2, -0.15) is 0 Å². The van der Waals surface area contributed by atoms with Crippen molar-refractivity contribution in [2.45, 2.75) is 39.2 Å². The molecule has 0 radical (unpaired) electrons. The number of nitrogens with zero attached hydrogens (tertiary/aromatic N) is 2. The molecule has 4 nitrogen and oxygen atoms in total. The van der Waals surface area contributed by atoms with Crippen molar-refractivity contribution in [3.8, 4) is 0 Å². The number of urea groups is 1. The van der Waals surface area contributed by atoms with Crippen molar-refractivity contribution in [1.29, 1.82) is 0 Å². The molecule has 0 aliphatic heterocycles. The van der Waals surface area contributed by atoms with Crippen LogP contribution in [0, 0.1) is 0 Å². The Balaban J connectivity index is 1.70.